The van der Waals surface area contributed by atoms with E-state index in [4.69, 9.17) is 5.73 Å². The van der Waals surface area contributed by atoms with E-state index in [0.29, 0.717) is 11.9 Å². The Labute approximate surface area is 104 Å². The second-order valence-electron chi connectivity index (χ2n) is 4.41. The van der Waals surface area contributed by atoms with E-state index in [0.717, 1.165) is 16.4 Å². The number of fused-ring (bicyclic) bond motifs is 1. The van der Waals surface area contributed by atoms with Crippen molar-refractivity contribution in [3.8, 4) is 0 Å². The first kappa shape index (κ1) is 10.8. The quantitative estimate of drug-likeness (QED) is 0.879. The number of nitrogen functional groups attached to an aromatic ring is 1. The van der Waals surface area contributed by atoms with Gasteiger partial charge in [-0.2, -0.15) is 11.8 Å². The third kappa shape index (κ3) is 1.76. The molecule has 2 N–H and O–H groups in total. The zero-order valence-corrected chi connectivity index (χ0v) is 10.5. The van der Waals surface area contributed by atoms with Crippen LogP contribution >= 0.6 is 11.8 Å². The maximum absolute atomic E-state index is 5.79. The molecule has 2 heterocycles. The van der Waals surface area contributed by atoms with Gasteiger partial charge in [0.15, 0.2) is 11.5 Å². The first-order chi connectivity index (χ1) is 8.29. The third-order valence-corrected chi connectivity index (χ3v) is 4.57. The molecule has 6 heteroatoms. The lowest BCUT2D eigenvalue weighted by molar-refractivity contribution is 0.530. The van der Waals surface area contributed by atoms with Crippen molar-refractivity contribution in [1.82, 2.24) is 19.5 Å². The molecule has 1 aliphatic rings. The van der Waals surface area contributed by atoms with Crippen molar-refractivity contribution in [1.29, 1.82) is 0 Å². The summed E-state index contributed by atoms with van der Waals surface area (Å²) in [6.45, 7) is 0. The molecule has 1 saturated carbocycles. The highest BCUT2D eigenvalue weighted by molar-refractivity contribution is 7.99. The maximum atomic E-state index is 5.79. The van der Waals surface area contributed by atoms with Crippen LogP contribution in [0.1, 0.15) is 25.3 Å². The Morgan fingerprint density at radius 3 is 3.00 bits per heavy atom. The van der Waals surface area contributed by atoms with Crippen molar-refractivity contribution in [3.05, 3.63) is 12.7 Å². The molecule has 2 aromatic heterocycles. The summed E-state index contributed by atoms with van der Waals surface area (Å²) in [7, 11) is 0. The highest BCUT2D eigenvalue weighted by Gasteiger charge is 2.26. The average molecular weight is 249 g/mol. The highest BCUT2D eigenvalue weighted by atomic mass is 32.2. The number of imidazole rings is 1. The molecular weight excluding hydrogens is 234 g/mol. The van der Waals surface area contributed by atoms with Crippen molar-refractivity contribution in [3.63, 3.8) is 0 Å². The number of nitrogens with two attached hydrogens (primary N) is 1. The molecule has 0 bridgehead atoms. The fourth-order valence-corrected chi connectivity index (χ4v) is 3.31. The van der Waals surface area contributed by atoms with Crippen LogP contribution in [0.25, 0.3) is 11.2 Å². The van der Waals surface area contributed by atoms with Gasteiger partial charge in [-0.05, 0) is 25.5 Å². The minimum atomic E-state index is 0.466. The molecule has 2 aromatic rings. The van der Waals surface area contributed by atoms with E-state index in [2.05, 4.69) is 25.8 Å². The number of thioether (sulfide) groups is 1. The van der Waals surface area contributed by atoms with E-state index in [1.54, 1.807) is 0 Å². The van der Waals surface area contributed by atoms with Crippen LogP contribution in [0.15, 0.2) is 12.7 Å². The van der Waals surface area contributed by atoms with Gasteiger partial charge in [0.2, 0.25) is 0 Å². The number of hydrogen-bond donors (Lipinski definition) is 1. The number of anilines is 1. The summed E-state index contributed by atoms with van der Waals surface area (Å²) in [5, 5.41) is 0.761. The van der Waals surface area contributed by atoms with E-state index in [1.165, 1.54) is 25.6 Å². The van der Waals surface area contributed by atoms with Gasteiger partial charge in [-0.15, -0.1) is 0 Å². The largest absolute Gasteiger partial charge is 0.382 e. The molecular formula is C11H15N5S. The summed E-state index contributed by atoms with van der Waals surface area (Å²) in [6.07, 6.45) is 9.20. The summed E-state index contributed by atoms with van der Waals surface area (Å²) in [5.74, 6) is 0.466. The predicted molar refractivity (Wildman–Crippen MR) is 69.9 cm³/mol. The summed E-state index contributed by atoms with van der Waals surface area (Å²) < 4.78 is 2.16. The standard InChI is InChI=1S/C11H15N5S/c1-17-8-3-2-7(4-8)16-6-15-9-10(12)13-5-14-11(9)16/h5-8H,2-4H2,1H3,(H2,12,13,14)/t7-,8-/m0/s1. The van der Waals surface area contributed by atoms with Crippen molar-refractivity contribution < 1.29 is 0 Å². The number of rotatable bonds is 2. The smallest absolute Gasteiger partial charge is 0.165 e. The Bertz CT molecular complexity index is 538. The van der Waals surface area contributed by atoms with Gasteiger partial charge in [0.25, 0.3) is 0 Å². The van der Waals surface area contributed by atoms with Crippen LogP contribution in [-0.4, -0.2) is 31.0 Å². The Kier molecular flexibility index (Phi) is 2.66. The molecule has 0 aliphatic heterocycles. The molecule has 90 valence electrons. The average Bonchev–Trinajstić information content (AvgIpc) is 2.94. The lowest BCUT2D eigenvalue weighted by atomic mass is 10.2. The van der Waals surface area contributed by atoms with Crippen LogP contribution in [0, 0.1) is 0 Å². The molecule has 5 nitrogen and oxygen atoms in total. The molecule has 0 saturated heterocycles. The van der Waals surface area contributed by atoms with Gasteiger partial charge in [-0.25, -0.2) is 15.0 Å². The Morgan fingerprint density at radius 2 is 2.24 bits per heavy atom. The summed E-state index contributed by atoms with van der Waals surface area (Å²) in [6, 6.07) is 0.506. The van der Waals surface area contributed by atoms with Gasteiger partial charge in [0.1, 0.15) is 11.8 Å². The minimum Gasteiger partial charge on any atom is -0.382 e. The molecule has 0 amide bonds. The summed E-state index contributed by atoms with van der Waals surface area (Å²) in [4.78, 5) is 12.6. The normalized spacial score (nSPS) is 24.5. The maximum Gasteiger partial charge on any atom is 0.165 e. The van der Waals surface area contributed by atoms with E-state index in [-0.39, 0.29) is 0 Å². The number of hydrogen-bond acceptors (Lipinski definition) is 5. The van der Waals surface area contributed by atoms with Gasteiger partial charge in [-0.3, -0.25) is 0 Å². The fraction of sp³-hybridized carbons (Fsp3) is 0.545. The third-order valence-electron chi connectivity index (χ3n) is 3.47. The zero-order chi connectivity index (χ0) is 11.8. The minimum absolute atomic E-state index is 0.466. The van der Waals surface area contributed by atoms with Crippen molar-refractivity contribution >= 4 is 28.7 Å². The fourth-order valence-electron chi connectivity index (χ4n) is 2.52. The van der Waals surface area contributed by atoms with Crippen molar-refractivity contribution in [2.45, 2.75) is 30.6 Å². The molecule has 1 fully saturated rings. The van der Waals surface area contributed by atoms with Crippen LogP contribution in [0.2, 0.25) is 0 Å². The van der Waals surface area contributed by atoms with Crippen molar-refractivity contribution in [2.24, 2.45) is 0 Å². The second kappa shape index (κ2) is 4.18. The molecule has 0 spiro atoms. The van der Waals surface area contributed by atoms with Gasteiger partial charge in [0, 0.05) is 11.3 Å². The Balaban J connectivity index is 1.99. The molecule has 2 atom stereocenters. The molecule has 0 unspecified atom stereocenters. The Hall–Kier alpha value is -1.30. The Morgan fingerprint density at radius 1 is 1.35 bits per heavy atom. The molecule has 0 radical (unpaired) electrons. The molecule has 0 aromatic carbocycles. The first-order valence-corrected chi connectivity index (χ1v) is 7.04. The SMILES string of the molecule is CS[C@H]1CC[C@H](n2cnc3c(N)ncnc32)C1. The number of nitrogens with zero attached hydrogens (tertiary/aromatic N) is 4. The first-order valence-electron chi connectivity index (χ1n) is 5.75. The van der Waals surface area contributed by atoms with E-state index < -0.39 is 0 Å². The van der Waals surface area contributed by atoms with Crippen LogP contribution < -0.4 is 5.73 Å². The van der Waals surface area contributed by atoms with Crippen LogP contribution in [0.5, 0.6) is 0 Å². The van der Waals surface area contributed by atoms with Crippen LogP contribution in [-0.2, 0) is 0 Å². The van der Waals surface area contributed by atoms with Crippen LogP contribution in [0.4, 0.5) is 5.82 Å². The second-order valence-corrected chi connectivity index (χ2v) is 5.55. The highest BCUT2D eigenvalue weighted by Crippen LogP contribution is 2.37. The molecule has 17 heavy (non-hydrogen) atoms. The lowest BCUT2D eigenvalue weighted by Crippen LogP contribution is -2.06. The lowest BCUT2D eigenvalue weighted by Gasteiger charge is -2.12. The van der Waals surface area contributed by atoms with E-state index >= 15 is 0 Å². The van der Waals surface area contributed by atoms with E-state index in [1.807, 2.05) is 18.1 Å². The van der Waals surface area contributed by atoms with Gasteiger partial charge >= 0.3 is 0 Å². The topological polar surface area (TPSA) is 69.6 Å². The summed E-state index contributed by atoms with van der Waals surface area (Å²) >= 11 is 1.95. The van der Waals surface area contributed by atoms with E-state index in [9.17, 15) is 0 Å². The van der Waals surface area contributed by atoms with Gasteiger partial charge in [0.05, 0.1) is 6.33 Å². The van der Waals surface area contributed by atoms with Gasteiger partial charge in [-0.1, -0.05) is 0 Å². The zero-order valence-electron chi connectivity index (χ0n) is 9.71. The number of aromatic nitrogens is 4. The van der Waals surface area contributed by atoms with Gasteiger partial charge < -0.3 is 10.3 Å². The predicted octanol–water partition coefficient (Wildman–Crippen LogP) is 1.87. The van der Waals surface area contributed by atoms with Crippen molar-refractivity contribution in [2.75, 3.05) is 12.0 Å². The summed E-state index contributed by atoms with van der Waals surface area (Å²) in [5.41, 5.74) is 7.38. The van der Waals surface area contributed by atoms with Crippen LogP contribution in [0.3, 0.4) is 0 Å². The molecule has 1 aliphatic carbocycles. The monoisotopic (exact) mass is 249 g/mol. The molecule has 3 rings (SSSR count).